The van der Waals surface area contributed by atoms with Crippen LogP contribution in [0.25, 0.3) is 0 Å². The number of aryl methyl sites for hydroxylation is 1. The molecule has 0 bridgehead atoms. The van der Waals surface area contributed by atoms with Crippen LogP contribution in [0.2, 0.25) is 0 Å². The first-order chi connectivity index (χ1) is 10.1. The second-order valence-corrected chi connectivity index (χ2v) is 4.73. The Morgan fingerprint density at radius 3 is 3.10 bits per heavy atom. The minimum absolute atomic E-state index is 0.0558. The zero-order chi connectivity index (χ0) is 15.2. The van der Waals surface area contributed by atoms with Crippen LogP contribution in [0, 0.1) is 10.1 Å². The molecule has 1 aromatic heterocycles. The Morgan fingerprint density at radius 2 is 2.52 bits per heavy atom. The van der Waals surface area contributed by atoms with E-state index in [9.17, 15) is 14.9 Å². The minimum Gasteiger partial charge on any atom is -0.475 e. The van der Waals surface area contributed by atoms with Crippen molar-refractivity contribution >= 4 is 11.6 Å². The molecule has 1 N–H and O–H groups in total. The SMILES string of the molecule is COc1nn(CCC(=O)NCC2CCCO2)cc1[N+](=O)[O-]. The fourth-order valence-corrected chi connectivity index (χ4v) is 2.12. The van der Waals surface area contributed by atoms with Crippen molar-refractivity contribution in [2.45, 2.75) is 31.9 Å². The standard InChI is InChI=1S/C12H18N4O5/c1-20-12-10(16(18)19)8-15(14-12)5-4-11(17)13-7-9-3-2-6-21-9/h8-9H,2-7H2,1H3,(H,13,17). The lowest BCUT2D eigenvalue weighted by Crippen LogP contribution is -2.32. The number of amides is 1. The number of carbonyl (C=O) groups is 1. The first kappa shape index (κ1) is 15.2. The highest BCUT2D eigenvalue weighted by atomic mass is 16.6. The number of nitro groups is 1. The van der Waals surface area contributed by atoms with Gasteiger partial charge in [-0.15, -0.1) is 5.10 Å². The van der Waals surface area contributed by atoms with Crippen LogP contribution in [0.1, 0.15) is 19.3 Å². The van der Waals surface area contributed by atoms with E-state index in [2.05, 4.69) is 10.4 Å². The van der Waals surface area contributed by atoms with Crippen LogP contribution in [0.15, 0.2) is 6.20 Å². The summed E-state index contributed by atoms with van der Waals surface area (Å²) in [4.78, 5) is 21.9. The topological polar surface area (TPSA) is 109 Å². The normalized spacial score (nSPS) is 17.7. The number of ether oxygens (including phenoxy) is 2. The second kappa shape index (κ2) is 7.02. The first-order valence-corrected chi connectivity index (χ1v) is 6.74. The van der Waals surface area contributed by atoms with Crippen molar-refractivity contribution in [3.05, 3.63) is 16.3 Å². The van der Waals surface area contributed by atoms with Gasteiger partial charge in [0.15, 0.2) is 0 Å². The van der Waals surface area contributed by atoms with E-state index in [0.29, 0.717) is 6.54 Å². The summed E-state index contributed by atoms with van der Waals surface area (Å²) < 4.78 is 11.6. The smallest absolute Gasteiger partial charge is 0.350 e. The van der Waals surface area contributed by atoms with Crippen molar-refractivity contribution in [3.8, 4) is 5.88 Å². The molecular weight excluding hydrogens is 280 g/mol. The molecule has 1 atom stereocenters. The summed E-state index contributed by atoms with van der Waals surface area (Å²) in [6.07, 6.45) is 3.53. The van der Waals surface area contributed by atoms with Crippen molar-refractivity contribution in [1.82, 2.24) is 15.1 Å². The number of nitrogens with one attached hydrogen (secondary N) is 1. The van der Waals surface area contributed by atoms with Crippen LogP contribution < -0.4 is 10.1 Å². The Labute approximate surface area is 121 Å². The number of hydrogen-bond acceptors (Lipinski definition) is 6. The molecule has 1 aromatic rings. The molecule has 21 heavy (non-hydrogen) atoms. The average molecular weight is 298 g/mol. The van der Waals surface area contributed by atoms with E-state index in [1.165, 1.54) is 18.0 Å². The number of methoxy groups -OCH3 is 1. The maximum atomic E-state index is 11.7. The van der Waals surface area contributed by atoms with Crippen LogP contribution in [-0.2, 0) is 16.1 Å². The maximum Gasteiger partial charge on any atom is 0.350 e. The molecular formula is C12H18N4O5. The van der Waals surface area contributed by atoms with Gasteiger partial charge in [0.25, 0.3) is 0 Å². The van der Waals surface area contributed by atoms with Crippen molar-refractivity contribution < 1.29 is 19.2 Å². The molecule has 9 heteroatoms. The molecule has 0 spiro atoms. The van der Waals surface area contributed by atoms with Crippen LogP contribution in [0.5, 0.6) is 5.88 Å². The van der Waals surface area contributed by atoms with Gasteiger partial charge in [-0.2, -0.15) is 0 Å². The second-order valence-electron chi connectivity index (χ2n) is 4.73. The Kier molecular flexibility index (Phi) is 5.09. The maximum absolute atomic E-state index is 11.7. The van der Waals surface area contributed by atoms with Gasteiger partial charge in [0, 0.05) is 19.6 Å². The van der Waals surface area contributed by atoms with Crippen molar-refractivity contribution in [1.29, 1.82) is 0 Å². The Morgan fingerprint density at radius 1 is 1.71 bits per heavy atom. The summed E-state index contributed by atoms with van der Waals surface area (Å²) in [6, 6.07) is 0. The van der Waals surface area contributed by atoms with E-state index < -0.39 is 4.92 Å². The van der Waals surface area contributed by atoms with Crippen molar-refractivity contribution in [3.63, 3.8) is 0 Å². The molecule has 0 radical (unpaired) electrons. The van der Waals surface area contributed by atoms with Gasteiger partial charge in [0.05, 0.1) is 24.7 Å². The molecule has 1 unspecified atom stereocenters. The highest BCUT2D eigenvalue weighted by Gasteiger charge is 2.20. The van der Waals surface area contributed by atoms with E-state index >= 15 is 0 Å². The van der Waals surface area contributed by atoms with Gasteiger partial charge in [0.1, 0.15) is 6.20 Å². The minimum atomic E-state index is -0.570. The summed E-state index contributed by atoms with van der Waals surface area (Å²) in [5.74, 6) is -0.192. The molecule has 0 aromatic carbocycles. The van der Waals surface area contributed by atoms with Crippen molar-refractivity contribution in [2.75, 3.05) is 20.3 Å². The lowest BCUT2D eigenvalue weighted by atomic mass is 10.2. The monoisotopic (exact) mass is 298 g/mol. The molecule has 1 amide bonds. The molecule has 1 aliphatic rings. The molecule has 2 rings (SSSR count). The van der Waals surface area contributed by atoms with Gasteiger partial charge >= 0.3 is 11.6 Å². The quantitative estimate of drug-likeness (QED) is 0.579. The Bertz CT molecular complexity index is 510. The lowest BCUT2D eigenvalue weighted by Gasteiger charge is -2.10. The number of rotatable bonds is 7. The first-order valence-electron chi connectivity index (χ1n) is 6.74. The predicted octanol–water partition coefficient (Wildman–Crippen LogP) is 0.485. The van der Waals surface area contributed by atoms with Crippen LogP contribution in [0.3, 0.4) is 0 Å². The van der Waals surface area contributed by atoms with Gasteiger partial charge in [-0.05, 0) is 12.8 Å². The molecule has 9 nitrogen and oxygen atoms in total. The van der Waals surface area contributed by atoms with Gasteiger partial charge < -0.3 is 14.8 Å². The third-order valence-corrected chi connectivity index (χ3v) is 3.22. The summed E-state index contributed by atoms with van der Waals surface area (Å²) in [5.41, 5.74) is -0.211. The Hall–Kier alpha value is -2.16. The fraction of sp³-hybridized carbons (Fsp3) is 0.667. The average Bonchev–Trinajstić information content (AvgIpc) is 3.11. The largest absolute Gasteiger partial charge is 0.475 e. The zero-order valence-electron chi connectivity index (χ0n) is 11.8. The van der Waals surface area contributed by atoms with Crippen LogP contribution in [-0.4, -0.2) is 47.0 Å². The van der Waals surface area contributed by atoms with E-state index in [1.54, 1.807) is 0 Å². The highest BCUT2D eigenvalue weighted by Crippen LogP contribution is 2.23. The molecule has 0 aliphatic carbocycles. The third-order valence-electron chi connectivity index (χ3n) is 3.22. The highest BCUT2D eigenvalue weighted by molar-refractivity contribution is 5.75. The van der Waals surface area contributed by atoms with Crippen LogP contribution >= 0.6 is 0 Å². The molecule has 1 saturated heterocycles. The van der Waals surface area contributed by atoms with E-state index in [0.717, 1.165) is 19.4 Å². The summed E-state index contributed by atoms with van der Waals surface area (Å²) >= 11 is 0. The van der Waals surface area contributed by atoms with Crippen molar-refractivity contribution in [2.24, 2.45) is 0 Å². The number of carbonyl (C=O) groups excluding carboxylic acids is 1. The molecule has 2 heterocycles. The molecule has 1 aliphatic heterocycles. The number of hydrogen-bond donors (Lipinski definition) is 1. The van der Waals surface area contributed by atoms with Gasteiger partial charge in [-0.1, -0.05) is 0 Å². The number of aromatic nitrogens is 2. The van der Waals surface area contributed by atoms with E-state index in [-0.39, 0.29) is 36.5 Å². The van der Waals surface area contributed by atoms with E-state index in [1.807, 2.05) is 0 Å². The third kappa shape index (κ3) is 4.15. The zero-order valence-corrected chi connectivity index (χ0v) is 11.8. The van der Waals surface area contributed by atoms with Gasteiger partial charge in [-0.25, -0.2) is 0 Å². The Balaban J connectivity index is 1.79. The molecule has 0 saturated carbocycles. The molecule has 116 valence electrons. The van der Waals surface area contributed by atoms with Gasteiger partial charge in [-0.3, -0.25) is 19.6 Å². The summed E-state index contributed by atoms with van der Waals surface area (Å²) in [7, 11) is 1.31. The summed E-state index contributed by atoms with van der Waals surface area (Å²) in [6.45, 7) is 1.50. The predicted molar refractivity (Wildman–Crippen MR) is 72.0 cm³/mol. The molecule has 1 fully saturated rings. The van der Waals surface area contributed by atoms with Crippen LogP contribution in [0.4, 0.5) is 5.69 Å². The van der Waals surface area contributed by atoms with E-state index in [4.69, 9.17) is 9.47 Å². The summed E-state index contributed by atoms with van der Waals surface area (Å²) in [5, 5.41) is 17.5. The lowest BCUT2D eigenvalue weighted by molar-refractivity contribution is -0.385. The fourth-order valence-electron chi connectivity index (χ4n) is 2.12. The number of nitrogens with zero attached hydrogens (tertiary/aromatic N) is 3. The van der Waals surface area contributed by atoms with Gasteiger partial charge in [0.2, 0.25) is 5.91 Å².